The number of benzene rings is 2. The summed E-state index contributed by atoms with van der Waals surface area (Å²) in [6.07, 6.45) is 0. The molecule has 0 heterocycles. The largest absolute Gasteiger partial charge is 0.508 e. The van der Waals surface area contributed by atoms with E-state index in [0.717, 1.165) is 0 Å². The summed E-state index contributed by atoms with van der Waals surface area (Å²) in [7, 11) is 0. The Morgan fingerprint density at radius 3 is 2.56 bits per heavy atom. The van der Waals surface area contributed by atoms with Crippen molar-refractivity contribution in [2.24, 2.45) is 0 Å². The fourth-order valence-electron chi connectivity index (χ4n) is 1.54. The van der Waals surface area contributed by atoms with Crippen LogP contribution in [0.5, 0.6) is 5.75 Å². The van der Waals surface area contributed by atoms with Crippen molar-refractivity contribution in [3.05, 3.63) is 52.8 Å². The van der Waals surface area contributed by atoms with E-state index in [1.807, 2.05) is 0 Å². The fourth-order valence-corrected chi connectivity index (χ4v) is 1.71. The third-order valence-electron chi connectivity index (χ3n) is 2.44. The van der Waals surface area contributed by atoms with Crippen molar-refractivity contribution in [3.63, 3.8) is 0 Å². The number of phenolic OH excluding ortho intramolecular Hbond substituents is 1. The minimum atomic E-state index is -0.325. The molecule has 0 amide bonds. The molecule has 0 aliphatic rings. The normalized spacial score (nSPS) is 10.4. The molecule has 0 aliphatic carbocycles. The van der Waals surface area contributed by atoms with Crippen LogP contribution < -0.4 is 0 Å². The summed E-state index contributed by atoms with van der Waals surface area (Å²) >= 11 is 5.82. The predicted octanol–water partition coefficient (Wildman–Crippen LogP) is 4.16. The van der Waals surface area contributed by atoms with Crippen LogP contribution in [0.15, 0.2) is 36.4 Å². The maximum Gasteiger partial charge on any atom is 0.131 e. The second kappa shape index (κ2) is 4.14. The Labute approximate surface area is 98.1 Å². The van der Waals surface area contributed by atoms with Gasteiger partial charge in [-0.05, 0) is 48.4 Å². The average Bonchev–Trinajstić information content (AvgIpc) is 2.26. The molecule has 2 rings (SSSR count). The highest BCUT2D eigenvalue weighted by Gasteiger charge is 2.07. The lowest BCUT2D eigenvalue weighted by molar-refractivity contribution is 0.471. The van der Waals surface area contributed by atoms with Gasteiger partial charge < -0.3 is 5.11 Å². The van der Waals surface area contributed by atoms with Gasteiger partial charge in [0, 0.05) is 10.6 Å². The minimum Gasteiger partial charge on any atom is -0.508 e. The predicted molar refractivity (Wildman–Crippen MR) is 63.2 cm³/mol. The molecule has 16 heavy (non-hydrogen) atoms. The first kappa shape index (κ1) is 11.0. The number of aromatic hydroxyl groups is 1. The topological polar surface area (TPSA) is 20.2 Å². The molecule has 2 aromatic rings. The zero-order valence-electron chi connectivity index (χ0n) is 8.67. The van der Waals surface area contributed by atoms with Crippen LogP contribution in [0.4, 0.5) is 4.39 Å². The molecule has 0 saturated heterocycles. The molecule has 0 unspecified atom stereocenters. The summed E-state index contributed by atoms with van der Waals surface area (Å²) in [5.41, 5.74) is 1.85. The number of rotatable bonds is 1. The van der Waals surface area contributed by atoms with Crippen molar-refractivity contribution in [3.8, 4) is 16.9 Å². The standard InChI is InChI=1S/C13H10ClFO/c1-8-6-9(2-5-13(8)16)11-7-10(14)3-4-12(11)15/h2-7,16H,1H3. The van der Waals surface area contributed by atoms with Crippen molar-refractivity contribution in [2.75, 3.05) is 0 Å². The van der Waals surface area contributed by atoms with E-state index >= 15 is 0 Å². The lowest BCUT2D eigenvalue weighted by atomic mass is 10.0. The summed E-state index contributed by atoms with van der Waals surface area (Å²) in [5, 5.41) is 9.88. The van der Waals surface area contributed by atoms with Gasteiger partial charge in [0.05, 0.1) is 0 Å². The molecule has 3 heteroatoms. The minimum absolute atomic E-state index is 0.200. The first-order chi connectivity index (χ1) is 7.58. The zero-order chi connectivity index (χ0) is 11.7. The molecule has 0 aromatic heterocycles. The van der Waals surface area contributed by atoms with E-state index in [4.69, 9.17) is 11.6 Å². The van der Waals surface area contributed by atoms with Gasteiger partial charge in [0.15, 0.2) is 0 Å². The number of hydrogen-bond acceptors (Lipinski definition) is 1. The Morgan fingerprint density at radius 2 is 1.88 bits per heavy atom. The van der Waals surface area contributed by atoms with Gasteiger partial charge in [0.25, 0.3) is 0 Å². The van der Waals surface area contributed by atoms with Crippen LogP contribution in [0.2, 0.25) is 5.02 Å². The highest BCUT2D eigenvalue weighted by Crippen LogP contribution is 2.29. The Kier molecular flexibility index (Phi) is 2.84. The summed E-state index contributed by atoms with van der Waals surface area (Å²) < 4.78 is 13.6. The van der Waals surface area contributed by atoms with E-state index in [-0.39, 0.29) is 11.6 Å². The van der Waals surface area contributed by atoms with Crippen LogP contribution in [0.1, 0.15) is 5.56 Å². The zero-order valence-corrected chi connectivity index (χ0v) is 9.42. The second-order valence-corrected chi connectivity index (χ2v) is 4.06. The monoisotopic (exact) mass is 236 g/mol. The van der Waals surface area contributed by atoms with Gasteiger partial charge in [-0.25, -0.2) is 4.39 Å². The number of hydrogen-bond donors (Lipinski definition) is 1. The van der Waals surface area contributed by atoms with E-state index < -0.39 is 0 Å². The first-order valence-corrected chi connectivity index (χ1v) is 5.21. The molecular weight excluding hydrogens is 227 g/mol. The molecular formula is C13H10ClFO. The molecule has 0 spiro atoms. The van der Waals surface area contributed by atoms with Crippen LogP contribution in [-0.4, -0.2) is 5.11 Å². The van der Waals surface area contributed by atoms with Crippen molar-refractivity contribution < 1.29 is 9.50 Å². The van der Waals surface area contributed by atoms with Gasteiger partial charge in [0.2, 0.25) is 0 Å². The SMILES string of the molecule is Cc1cc(-c2cc(Cl)ccc2F)ccc1O. The third-order valence-corrected chi connectivity index (χ3v) is 2.67. The van der Waals surface area contributed by atoms with Gasteiger partial charge in [0.1, 0.15) is 11.6 Å². The van der Waals surface area contributed by atoms with Crippen LogP contribution in [-0.2, 0) is 0 Å². The van der Waals surface area contributed by atoms with Crippen molar-refractivity contribution in [2.45, 2.75) is 6.92 Å². The van der Waals surface area contributed by atoms with Crippen molar-refractivity contribution >= 4 is 11.6 Å². The molecule has 0 radical (unpaired) electrons. The molecule has 1 N–H and O–H groups in total. The van der Waals surface area contributed by atoms with Gasteiger partial charge in [-0.1, -0.05) is 17.7 Å². The number of halogens is 2. The molecule has 0 fully saturated rings. The summed E-state index contributed by atoms with van der Waals surface area (Å²) in [6.45, 7) is 1.77. The third kappa shape index (κ3) is 2.02. The quantitative estimate of drug-likeness (QED) is 0.788. The van der Waals surface area contributed by atoms with E-state index in [0.29, 0.717) is 21.7 Å². The van der Waals surface area contributed by atoms with Gasteiger partial charge >= 0.3 is 0 Å². The maximum atomic E-state index is 13.6. The van der Waals surface area contributed by atoms with E-state index in [9.17, 15) is 9.50 Å². The van der Waals surface area contributed by atoms with E-state index in [1.165, 1.54) is 12.1 Å². The molecule has 2 aromatic carbocycles. The highest BCUT2D eigenvalue weighted by atomic mass is 35.5. The molecule has 82 valence electrons. The summed E-state index contributed by atoms with van der Waals surface area (Å²) in [4.78, 5) is 0. The van der Waals surface area contributed by atoms with Crippen LogP contribution in [0, 0.1) is 12.7 Å². The molecule has 0 aliphatic heterocycles. The fraction of sp³-hybridized carbons (Fsp3) is 0.0769. The summed E-state index contributed by atoms with van der Waals surface area (Å²) in [5.74, 6) is -0.124. The first-order valence-electron chi connectivity index (χ1n) is 4.83. The lowest BCUT2D eigenvalue weighted by Gasteiger charge is -2.06. The van der Waals surface area contributed by atoms with Crippen LogP contribution in [0.3, 0.4) is 0 Å². The highest BCUT2D eigenvalue weighted by molar-refractivity contribution is 6.30. The maximum absolute atomic E-state index is 13.6. The van der Waals surface area contributed by atoms with E-state index in [2.05, 4.69) is 0 Å². The Morgan fingerprint density at radius 1 is 1.12 bits per heavy atom. The van der Waals surface area contributed by atoms with Crippen molar-refractivity contribution in [1.82, 2.24) is 0 Å². The van der Waals surface area contributed by atoms with Gasteiger partial charge in [-0.3, -0.25) is 0 Å². The lowest BCUT2D eigenvalue weighted by Crippen LogP contribution is -1.85. The van der Waals surface area contributed by atoms with Gasteiger partial charge in [-0.15, -0.1) is 0 Å². The molecule has 0 bridgehead atoms. The molecule has 0 atom stereocenters. The smallest absolute Gasteiger partial charge is 0.131 e. The Balaban J connectivity index is 2.58. The van der Waals surface area contributed by atoms with Crippen LogP contribution >= 0.6 is 11.6 Å². The number of phenols is 1. The van der Waals surface area contributed by atoms with Gasteiger partial charge in [-0.2, -0.15) is 0 Å². The Hall–Kier alpha value is -1.54. The average molecular weight is 237 g/mol. The van der Waals surface area contributed by atoms with Crippen LogP contribution in [0.25, 0.3) is 11.1 Å². The number of aryl methyl sites for hydroxylation is 1. The molecule has 1 nitrogen and oxygen atoms in total. The van der Waals surface area contributed by atoms with Crippen molar-refractivity contribution in [1.29, 1.82) is 0 Å². The van der Waals surface area contributed by atoms with E-state index in [1.54, 1.807) is 31.2 Å². The molecule has 0 saturated carbocycles. The summed E-state index contributed by atoms with van der Waals surface area (Å²) in [6, 6.07) is 9.35. The second-order valence-electron chi connectivity index (χ2n) is 3.63. The Bertz CT molecular complexity index is 537.